The third kappa shape index (κ3) is 1.99. The first-order valence-electron chi connectivity index (χ1n) is 6.22. The third-order valence-electron chi connectivity index (χ3n) is 3.21. The maximum Gasteiger partial charge on any atom is 0.174 e. The highest BCUT2D eigenvalue weighted by molar-refractivity contribution is 5.93. The molecule has 0 aliphatic heterocycles. The Morgan fingerprint density at radius 2 is 2.00 bits per heavy atom. The minimum Gasteiger partial charge on any atom is -0.497 e. The predicted octanol–water partition coefficient (Wildman–Crippen LogP) is 3.57. The van der Waals surface area contributed by atoms with Crippen LogP contribution in [0.25, 0.3) is 22.2 Å². The van der Waals surface area contributed by atoms with Gasteiger partial charge in [0.05, 0.1) is 25.0 Å². The van der Waals surface area contributed by atoms with Gasteiger partial charge in [-0.3, -0.25) is 0 Å². The van der Waals surface area contributed by atoms with Crippen molar-refractivity contribution in [3.8, 4) is 23.1 Å². The summed E-state index contributed by atoms with van der Waals surface area (Å²) in [6, 6.07) is 15.5. The summed E-state index contributed by atoms with van der Waals surface area (Å²) in [6.45, 7) is 0. The van der Waals surface area contributed by atoms with Crippen LogP contribution in [0.4, 0.5) is 0 Å². The number of fused-ring (bicyclic) bond motifs is 1. The number of nitrogens with zero attached hydrogens (tertiary/aromatic N) is 2. The lowest BCUT2D eigenvalue weighted by Gasteiger charge is -2.01. The van der Waals surface area contributed by atoms with Gasteiger partial charge in [-0.1, -0.05) is 17.3 Å². The van der Waals surface area contributed by atoms with E-state index in [4.69, 9.17) is 14.5 Å². The average molecular weight is 264 g/mol. The Morgan fingerprint density at radius 1 is 1.20 bits per heavy atom. The van der Waals surface area contributed by atoms with Gasteiger partial charge in [0.1, 0.15) is 11.3 Å². The molecule has 4 nitrogen and oxygen atoms in total. The van der Waals surface area contributed by atoms with Crippen molar-refractivity contribution >= 4 is 10.9 Å². The molecule has 3 rings (SSSR count). The van der Waals surface area contributed by atoms with Crippen LogP contribution in [-0.2, 0) is 6.42 Å². The quantitative estimate of drug-likeness (QED) is 0.725. The SMILES string of the molecule is COc1ccc(-c2onc3c(CC#N)cccc23)cc1. The summed E-state index contributed by atoms with van der Waals surface area (Å²) in [5, 5.41) is 13.9. The van der Waals surface area contributed by atoms with E-state index in [2.05, 4.69) is 11.2 Å². The molecule has 20 heavy (non-hydrogen) atoms. The Hall–Kier alpha value is -2.80. The molecular weight excluding hydrogens is 252 g/mol. The topological polar surface area (TPSA) is 59.1 Å². The molecule has 0 saturated carbocycles. The molecule has 0 unspecified atom stereocenters. The van der Waals surface area contributed by atoms with Crippen LogP contribution in [0.15, 0.2) is 47.0 Å². The summed E-state index contributed by atoms with van der Waals surface area (Å²) in [6.07, 6.45) is 0.325. The van der Waals surface area contributed by atoms with Gasteiger partial charge in [-0.2, -0.15) is 5.26 Å². The first-order valence-corrected chi connectivity index (χ1v) is 6.22. The Morgan fingerprint density at radius 3 is 2.70 bits per heavy atom. The van der Waals surface area contributed by atoms with Crippen LogP contribution in [0.5, 0.6) is 5.75 Å². The van der Waals surface area contributed by atoms with Crippen molar-refractivity contribution in [3.05, 3.63) is 48.0 Å². The summed E-state index contributed by atoms with van der Waals surface area (Å²) in [7, 11) is 1.63. The van der Waals surface area contributed by atoms with Crippen molar-refractivity contribution in [1.82, 2.24) is 5.16 Å². The second kappa shape index (κ2) is 5.06. The fraction of sp³-hybridized carbons (Fsp3) is 0.125. The zero-order valence-electron chi connectivity index (χ0n) is 11.0. The molecule has 0 fully saturated rings. The van der Waals surface area contributed by atoms with Crippen molar-refractivity contribution in [2.75, 3.05) is 7.11 Å². The summed E-state index contributed by atoms with van der Waals surface area (Å²) < 4.78 is 10.6. The Kier molecular flexibility index (Phi) is 3.10. The van der Waals surface area contributed by atoms with Crippen LogP contribution in [0.1, 0.15) is 5.56 Å². The first-order chi connectivity index (χ1) is 9.83. The Labute approximate surface area is 116 Å². The fourth-order valence-corrected chi connectivity index (χ4v) is 2.20. The minimum atomic E-state index is 0.325. The lowest BCUT2D eigenvalue weighted by molar-refractivity contribution is 0.414. The lowest BCUT2D eigenvalue weighted by atomic mass is 10.0. The number of rotatable bonds is 3. The van der Waals surface area contributed by atoms with Gasteiger partial charge in [0, 0.05) is 5.56 Å². The number of hydrogen-bond acceptors (Lipinski definition) is 4. The third-order valence-corrected chi connectivity index (χ3v) is 3.21. The van der Waals surface area contributed by atoms with Gasteiger partial charge in [0.2, 0.25) is 0 Å². The van der Waals surface area contributed by atoms with Crippen LogP contribution in [0.3, 0.4) is 0 Å². The van der Waals surface area contributed by atoms with Crippen LogP contribution in [0, 0.1) is 11.3 Å². The molecule has 1 aromatic heterocycles. The van der Waals surface area contributed by atoms with Gasteiger partial charge in [0.25, 0.3) is 0 Å². The van der Waals surface area contributed by atoms with Crippen molar-refractivity contribution in [3.63, 3.8) is 0 Å². The van der Waals surface area contributed by atoms with Crippen molar-refractivity contribution in [2.45, 2.75) is 6.42 Å². The smallest absolute Gasteiger partial charge is 0.174 e. The number of ether oxygens (including phenoxy) is 1. The zero-order valence-corrected chi connectivity index (χ0v) is 11.0. The van der Waals surface area contributed by atoms with Gasteiger partial charge >= 0.3 is 0 Å². The predicted molar refractivity (Wildman–Crippen MR) is 75.3 cm³/mol. The molecule has 0 bridgehead atoms. The van der Waals surface area contributed by atoms with E-state index in [0.29, 0.717) is 12.2 Å². The van der Waals surface area contributed by atoms with Gasteiger partial charge in [-0.05, 0) is 35.9 Å². The molecule has 98 valence electrons. The number of aromatic nitrogens is 1. The Bertz CT molecular complexity index is 782. The number of nitriles is 1. The molecule has 0 N–H and O–H groups in total. The minimum absolute atomic E-state index is 0.325. The van der Waals surface area contributed by atoms with E-state index in [1.807, 2.05) is 42.5 Å². The van der Waals surface area contributed by atoms with Crippen LogP contribution in [0.2, 0.25) is 0 Å². The molecule has 0 aliphatic carbocycles. The second-order valence-corrected chi connectivity index (χ2v) is 4.39. The lowest BCUT2D eigenvalue weighted by Crippen LogP contribution is -1.84. The summed E-state index contributed by atoms with van der Waals surface area (Å²) in [5.41, 5.74) is 2.57. The van der Waals surface area contributed by atoms with E-state index >= 15 is 0 Å². The van der Waals surface area contributed by atoms with Crippen molar-refractivity contribution < 1.29 is 9.26 Å². The van der Waals surface area contributed by atoms with Gasteiger partial charge < -0.3 is 9.26 Å². The molecule has 0 saturated heterocycles. The van der Waals surface area contributed by atoms with Crippen LogP contribution >= 0.6 is 0 Å². The summed E-state index contributed by atoms with van der Waals surface area (Å²) >= 11 is 0. The number of benzene rings is 2. The highest BCUT2D eigenvalue weighted by Crippen LogP contribution is 2.31. The maximum absolute atomic E-state index is 8.84. The van der Waals surface area contributed by atoms with Crippen molar-refractivity contribution in [1.29, 1.82) is 5.26 Å². The highest BCUT2D eigenvalue weighted by atomic mass is 16.5. The maximum atomic E-state index is 8.84. The molecule has 2 aromatic carbocycles. The van der Waals surface area contributed by atoms with Crippen LogP contribution in [-0.4, -0.2) is 12.3 Å². The highest BCUT2D eigenvalue weighted by Gasteiger charge is 2.13. The number of methoxy groups -OCH3 is 1. The molecule has 4 heteroatoms. The van der Waals surface area contributed by atoms with E-state index in [0.717, 1.165) is 27.8 Å². The normalized spacial score (nSPS) is 10.4. The van der Waals surface area contributed by atoms with E-state index < -0.39 is 0 Å². The Balaban J connectivity index is 2.12. The summed E-state index contributed by atoms with van der Waals surface area (Å²) in [4.78, 5) is 0. The largest absolute Gasteiger partial charge is 0.497 e. The monoisotopic (exact) mass is 264 g/mol. The number of hydrogen-bond donors (Lipinski definition) is 0. The van der Waals surface area contributed by atoms with Crippen molar-refractivity contribution in [2.24, 2.45) is 0 Å². The molecule has 0 radical (unpaired) electrons. The van der Waals surface area contributed by atoms with E-state index in [1.165, 1.54) is 0 Å². The fourth-order valence-electron chi connectivity index (χ4n) is 2.20. The second-order valence-electron chi connectivity index (χ2n) is 4.39. The van der Waals surface area contributed by atoms with E-state index in [9.17, 15) is 0 Å². The van der Waals surface area contributed by atoms with Gasteiger partial charge in [-0.25, -0.2) is 0 Å². The van der Waals surface area contributed by atoms with Gasteiger partial charge in [-0.15, -0.1) is 0 Å². The summed E-state index contributed by atoms with van der Waals surface area (Å²) in [5.74, 6) is 1.50. The standard InChI is InChI=1S/C16H12N2O2/c1-19-13-7-5-12(6-8-13)16-14-4-2-3-11(9-10-17)15(14)18-20-16/h2-8H,9H2,1H3. The average Bonchev–Trinajstić information content (AvgIpc) is 2.93. The van der Waals surface area contributed by atoms with E-state index in [-0.39, 0.29) is 0 Å². The molecule has 3 aromatic rings. The van der Waals surface area contributed by atoms with Gasteiger partial charge in [0.15, 0.2) is 5.76 Å². The molecule has 1 heterocycles. The first kappa shape index (κ1) is 12.2. The van der Waals surface area contributed by atoms with E-state index in [1.54, 1.807) is 7.11 Å². The molecule has 0 aliphatic rings. The molecule has 0 atom stereocenters. The molecule has 0 amide bonds. The van der Waals surface area contributed by atoms with Crippen LogP contribution < -0.4 is 4.74 Å². The molecular formula is C16H12N2O2. The zero-order chi connectivity index (χ0) is 13.9. The molecule has 0 spiro atoms.